The van der Waals surface area contributed by atoms with Crippen molar-refractivity contribution in [1.29, 1.82) is 0 Å². The van der Waals surface area contributed by atoms with Crippen LogP contribution in [0.5, 0.6) is 0 Å². The van der Waals surface area contributed by atoms with Crippen LogP contribution >= 0.6 is 11.6 Å². The van der Waals surface area contributed by atoms with E-state index in [-0.39, 0.29) is 5.82 Å². The van der Waals surface area contributed by atoms with Gasteiger partial charge in [0.1, 0.15) is 11.6 Å². The first-order valence-electron chi connectivity index (χ1n) is 7.04. The first kappa shape index (κ1) is 14.1. The zero-order chi connectivity index (χ0) is 14.7. The molecule has 110 valence electrons. The molecule has 2 aromatic rings. The first-order chi connectivity index (χ1) is 10.3. The van der Waals surface area contributed by atoms with Gasteiger partial charge in [0.25, 0.3) is 0 Å². The molecule has 2 heterocycles. The number of hydrogen-bond acceptors (Lipinski definition) is 3. The van der Waals surface area contributed by atoms with Gasteiger partial charge in [0.2, 0.25) is 0 Å². The fourth-order valence-corrected chi connectivity index (χ4v) is 2.75. The summed E-state index contributed by atoms with van der Waals surface area (Å²) in [6.07, 6.45) is 0. The minimum absolute atomic E-state index is 0.159. The predicted molar refractivity (Wildman–Crippen MR) is 84.6 cm³/mol. The highest BCUT2D eigenvalue weighted by molar-refractivity contribution is 6.16. The largest absolute Gasteiger partial charge is 0.366 e. The summed E-state index contributed by atoms with van der Waals surface area (Å²) in [5, 5.41) is 0. The number of hydrogen-bond donors (Lipinski definition) is 0. The summed E-state index contributed by atoms with van der Waals surface area (Å²) in [4.78, 5) is 8.83. The molecule has 1 aliphatic heterocycles. The summed E-state index contributed by atoms with van der Waals surface area (Å²) >= 11 is 5.83. The smallest absolute Gasteiger partial charge is 0.146 e. The second-order valence-corrected chi connectivity index (χ2v) is 5.31. The van der Waals surface area contributed by atoms with Crippen LogP contribution in [0.15, 0.2) is 42.5 Å². The van der Waals surface area contributed by atoms with Gasteiger partial charge in [-0.15, -0.1) is 11.6 Å². The van der Waals surface area contributed by atoms with Crippen LogP contribution in [0.1, 0.15) is 5.69 Å². The quantitative estimate of drug-likeness (QED) is 0.811. The van der Waals surface area contributed by atoms with Crippen LogP contribution < -0.4 is 9.80 Å². The van der Waals surface area contributed by atoms with E-state index in [0.717, 1.165) is 37.7 Å². The minimum Gasteiger partial charge on any atom is -0.366 e. The number of nitrogens with zero attached hydrogens (tertiary/aromatic N) is 3. The number of para-hydroxylation sites is 1. The summed E-state index contributed by atoms with van der Waals surface area (Å²) in [6.45, 7) is 3.22. The van der Waals surface area contributed by atoms with Gasteiger partial charge in [-0.2, -0.15) is 0 Å². The normalized spacial score (nSPS) is 15.3. The lowest BCUT2D eigenvalue weighted by Gasteiger charge is -2.36. The Labute approximate surface area is 129 Å². The van der Waals surface area contributed by atoms with Gasteiger partial charge in [0.15, 0.2) is 0 Å². The molecule has 0 saturated carbocycles. The molecular formula is C16H17ClFN3. The Morgan fingerprint density at radius 1 is 0.952 bits per heavy atom. The molecule has 5 heteroatoms. The summed E-state index contributed by atoms with van der Waals surface area (Å²) in [5.74, 6) is 1.21. The summed E-state index contributed by atoms with van der Waals surface area (Å²) in [7, 11) is 0. The summed E-state index contributed by atoms with van der Waals surface area (Å²) < 4.78 is 13.8. The third-order valence-corrected chi connectivity index (χ3v) is 4.00. The van der Waals surface area contributed by atoms with E-state index >= 15 is 0 Å². The number of benzene rings is 1. The van der Waals surface area contributed by atoms with Crippen molar-refractivity contribution in [3.63, 3.8) is 0 Å². The highest BCUT2D eigenvalue weighted by Crippen LogP contribution is 2.22. The van der Waals surface area contributed by atoms with Crippen molar-refractivity contribution in [3.8, 4) is 0 Å². The van der Waals surface area contributed by atoms with Gasteiger partial charge in [-0.25, -0.2) is 9.37 Å². The third kappa shape index (κ3) is 3.10. The van der Waals surface area contributed by atoms with E-state index in [4.69, 9.17) is 11.6 Å². The molecule has 0 spiro atoms. The van der Waals surface area contributed by atoms with Crippen LogP contribution in [0, 0.1) is 5.82 Å². The Kier molecular flexibility index (Phi) is 4.25. The average Bonchev–Trinajstić information content (AvgIpc) is 2.56. The summed E-state index contributed by atoms with van der Waals surface area (Å²) in [6, 6.07) is 12.8. The Hall–Kier alpha value is -1.81. The molecule has 0 aliphatic carbocycles. The zero-order valence-electron chi connectivity index (χ0n) is 11.7. The van der Waals surface area contributed by atoms with E-state index in [0.29, 0.717) is 11.6 Å². The monoisotopic (exact) mass is 305 g/mol. The first-order valence-corrected chi connectivity index (χ1v) is 7.58. The number of aromatic nitrogens is 1. The number of pyridine rings is 1. The minimum atomic E-state index is -0.159. The highest BCUT2D eigenvalue weighted by atomic mass is 35.5. The lowest BCUT2D eigenvalue weighted by atomic mass is 10.2. The van der Waals surface area contributed by atoms with Crippen molar-refractivity contribution in [2.75, 3.05) is 36.0 Å². The molecule has 0 bridgehead atoms. The van der Waals surface area contributed by atoms with E-state index in [9.17, 15) is 4.39 Å². The van der Waals surface area contributed by atoms with Crippen LogP contribution in [0.2, 0.25) is 0 Å². The molecule has 3 nitrogen and oxygen atoms in total. The van der Waals surface area contributed by atoms with Crippen molar-refractivity contribution in [2.45, 2.75) is 5.88 Å². The van der Waals surface area contributed by atoms with Crippen molar-refractivity contribution < 1.29 is 4.39 Å². The van der Waals surface area contributed by atoms with Gasteiger partial charge in [-0.05, 0) is 24.3 Å². The van der Waals surface area contributed by atoms with Crippen molar-refractivity contribution in [2.24, 2.45) is 0 Å². The topological polar surface area (TPSA) is 19.4 Å². The molecule has 0 amide bonds. The van der Waals surface area contributed by atoms with E-state index in [1.807, 2.05) is 30.3 Å². The second-order valence-electron chi connectivity index (χ2n) is 5.05. The van der Waals surface area contributed by atoms with Crippen LogP contribution in [0.3, 0.4) is 0 Å². The Bertz CT molecular complexity index is 612. The number of halogens is 2. The molecule has 3 rings (SSSR count). The maximum atomic E-state index is 13.8. The zero-order valence-corrected chi connectivity index (χ0v) is 12.4. The predicted octanol–water partition coefficient (Wildman–Crippen LogP) is 3.29. The lowest BCUT2D eigenvalue weighted by molar-refractivity contribution is 0.596. The van der Waals surface area contributed by atoms with Crippen molar-refractivity contribution >= 4 is 23.1 Å². The number of alkyl halides is 1. The number of rotatable bonds is 3. The van der Waals surface area contributed by atoms with E-state index in [1.165, 1.54) is 6.07 Å². The van der Waals surface area contributed by atoms with Crippen molar-refractivity contribution in [3.05, 3.63) is 54.0 Å². The van der Waals surface area contributed by atoms with Crippen LogP contribution in [-0.2, 0) is 5.88 Å². The Balaban J connectivity index is 1.69. The number of anilines is 2. The lowest BCUT2D eigenvalue weighted by Crippen LogP contribution is -2.47. The molecule has 0 atom stereocenters. The SMILES string of the molecule is Fc1ccccc1N1CCN(c2cccc(CCl)n2)CC1. The van der Waals surface area contributed by atoms with Crippen LogP contribution in [0.4, 0.5) is 15.9 Å². The maximum Gasteiger partial charge on any atom is 0.146 e. The van der Waals surface area contributed by atoms with Gasteiger partial charge in [0, 0.05) is 26.2 Å². The average molecular weight is 306 g/mol. The van der Waals surface area contributed by atoms with E-state index in [1.54, 1.807) is 6.07 Å². The molecule has 21 heavy (non-hydrogen) atoms. The molecule has 0 unspecified atom stereocenters. The number of piperazine rings is 1. The standard InChI is InChI=1S/C16H17ClFN3/c17-12-13-4-3-7-16(19-13)21-10-8-20(9-11-21)15-6-2-1-5-14(15)18/h1-7H,8-12H2. The highest BCUT2D eigenvalue weighted by Gasteiger charge is 2.20. The fourth-order valence-electron chi connectivity index (χ4n) is 2.60. The van der Waals surface area contributed by atoms with Crippen LogP contribution in [-0.4, -0.2) is 31.2 Å². The van der Waals surface area contributed by atoms with E-state index in [2.05, 4.69) is 14.8 Å². The van der Waals surface area contributed by atoms with Gasteiger partial charge in [-0.3, -0.25) is 0 Å². The Morgan fingerprint density at radius 3 is 2.38 bits per heavy atom. The molecule has 1 aliphatic rings. The van der Waals surface area contributed by atoms with Gasteiger partial charge >= 0.3 is 0 Å². The Morgan fingerprint density at radius 2 is 1.67 bits per heavy atom. The molecule has 0 radical (unpaired) electrons. The molecular weight excluding hydrogens is 289 g/mol. The molecule has 1 saturated heterocycles. The van der Waals surface area contributed by atoms with E-state index < -0.39 is 0 Å². The third-order valence-electron chi connectivity index (χ3n) is 3.73. The van der Waals surface area contributed by atoms with Gasteiger partial charge < -0.3 is 9.80 Å². The molecule has 1 aromatic carbocycles. The molecule has 1 fully saturated rings. The van der Waals surface area contributed by atoms with Gasteiger partial charge in [-0.1, -0.05) is 18.2 Å². The molecule has 0 N–H and O–H groups in total. The fraction of sp³-hybridized carbons (Fsp3) is 0.312. The molecule has 1 aromatic heterocycles. The van der Waals surface area contributed by atoms with Crippen molar-refractivity contribution in [1.82, 2.24) is 4.98 Å². The second kappa shape index (κ2) is 6.31. The van der Waals surface area contributed by atoms with Crippen LogP contribution in [0.25, 0.3) is 0 Å². The maximum absolute atomic E-state index is 13.8. The van der Waals surface area contributed by atoms with Gasteiger partial charge in [0.05, 0.1) is 17.3 Å². The summed E-state index contributed by atoms with van der Waals surface area (Å²) in [5.41, 5.74) is 1.56.